The highest BCUT2D eigenvalue weighted by atomic mass is 35.5. The Morgan fingerprint density at radius 3 is 2.86 bits per heavy atom. The number of unbranched alkanes of at least 4 members (excludes halogenated alkanes) is 1. The zero-order chi connectivity index (χ0) is 10.2. The van der Waals surface area contributed by atoms with Gasteiger partial charge in [0.25, 0.3) is 0 Å². The number of aliphatic hydroxyl groups excluding tert-OH is 1. The van der Waals surface area contributed by atoms with Crippen LogP contribution in [0.5, 0.6) is 0 Å². The first-order valence-electron chi connectivity index (χ1n) is 4.61. The molecule has 0 heterocycles. The Morgan fingerprint density at radius 2 is 2.14 bits per heavy atom. The molecule has 0 aliphatic heterocycles. The fourth-order valence-electron chi connectivity index (χ4n) is 1.02. The van der Waals surface area contributed by atoms with Gasteiger partial charge in [-0.3, -0.25) is 0 Å². The van der Waals surface area contributed by atoms with Gasteiger partial charge < -0.3 is 5.11 Å². The molecular weight excluding hydrogens is 196 g/mol. The molecule has 0 fully saturated rings. The van der Waals surface area contributed by atoms with Gasteiger partial charge in [-0.1, -0.05) is 29.8 Å². The molecule has 0 aliphatic rings. The quantitative estimate of drug-likeness (QED) is 0.595. The summed E-state index contributed by atoms with van der Waals surface area (Å²) in [6.45, 7) is 0.226. The van der Waals surface area contributed by atoms with E-state index in [9.17, 15) is 0 Å². The Balaban J connectivity index is 2.59. The molecule has 2 heteroatoms. The smallest absolute Gasteiger partial charge is 0.0484 e. The van der Waals surface area contributed by atoms with Gasteiger partial charge in [-0.15, -0.1) is 5.73 Å². The van der Waals surface area contributed by atoms with Gasteiger partial charge >= 0.3 is 0 Å². The molecule has 0 aliphatic carbocycles. The van der Waals surface area contributed by atoms with Crippen LogP contribution in [0.25, 0.3) is 6.08 Å². The first-order chi connectivity index (χ1) is 6.84. The van der Waals surface area contributed by atoms with E-state index in [1.807, 2.05) is 36.4 Å². The van der Waals surface area contributed by atoms with E-state index in [0.29, 0.717) is 0 Å². The van der Waals surface area contributed by atoms with Crippen LogP contribution in [0.1, 0.15) is 18.4 Å². The summed E-state index contributed by atoms with van der Waals surface area (Å²) in [6.07, 6.45) is 5.38. The van der Waals surface area contributed by atoms with Gasteiger partial charge in [-0.05, 0) is 31.1 Å². The second-order valence-corrected chi connectivity index (χ2v) is 3.31. The average Bonchev–Trinajstić information content (AvgIpc) is 2.20. The van der Waals surface area contributed by atoms with Gasteiger partial charge in [0.05, 0.1) is 0 Å². The lowest BCUT2D eigenvalue weighted by atomic mass is 10.2. The fraction of sp³-hybridized carbons (Fsp3) is 0.250. The Morgan fingerprint density at radius 1 is 1.36 bits per heavy atom. The highest BCUT2D eigenvalue weighted by molar-refractivity contribution is 6.32. The van der Waals surface area contributed by atoms with Crippen LogP contribution in [0.2, 0.25) is 5.02 Å². The Hall–Kier alpha value is -1.01. The van der Waals surface area contributed by atoms with Gasteiger partial charge in [0, 0.05) is 17.2 Å². The van der Waals surface area contributed by atoms with Gasteiger partial charge in [-0.2, -0.15) is 0 Å². The minimum Gasteiger partial charge on any atom is -0.396 e. The van der Waals surface area contributed by atoms with Crippen molar-refractivity contribution in [3.63, 3.8) is 0 Å². The molecular formula is C12H13ClO. The molecule has 0 amide bonds. The lowest BCUT2D eigenvalue weighted by Gasteiger charge is -1.93. The molecule has 1 rings (SSSR count). The number of hydrogen-bond acceptors (Lipinski definition) is 1. The van der Waals surface area contributed by atoms with E-state index in [1.54, 1.807) is 0 Å². The highest BCUT2D eigenvalue weighted by Crippen LogP contribution is 2.15. The SMILES string of the molecule is OCCCC=C=Cc1ccccc1Cl. The molecule has 0 spiro atoms. The number of allylic oxidation sites excluding steroid dienone is 1. The van der Waals surface area contributed by atoms with Gasteiger partial charge in [0.2, 0.25) is 0 Å². The van der Waals surface area contributed by atoms with Crippen LogP contribution in [0.15, 0.2) is 36.1 Å². The average molecular weight is 209 g/mol. The zero-order valence-corrected chi connectivity index (χ0v) is 8.67. The van der Waals surface area contributed by atoms with Crippen LogP contribution < -0.4 is 0 Å². The van der Waals surface area contributed by atoms with E-state index < -0.39 is 0 Å². The van der Waals surface area contributed by atoms with E-state index in [1.165, 1.54) is 0 Å². The van der Waals surface area contributed by atoms with E-state index in [4.69, 9.17) is 16.7 Å². The maximum atomic E-state index is 8.55. The van der Waals surface area contributed by atoms with E-state index >= 15 is 0 Å². The number of halogens is 1. The zero-order valence-electron chi connectivity index (χ0n) is 7.91. The molecule has 0 saturated heterocycles. The predicted octanol–water partition coefficient (Wildman–Crippen LogP) is 3.28. The number of rotatable bonds is 4. The third-order valence-electron chi connectivity index (χ3n) is 1.77. The van der Waals surface area contributed by atoms with Gasteiger partial charge in [0.15, 0.2) is 0 Å². The number of aliphatic hydroxyl groups is 1. The summed E-state index contributed by atoms with van der Waals surface area (Å²) in [5.41, 5.74) is 4.00. The summed E-state index contributed by atoms with van der Waals surface area (Å²) in [4.78, 5) is 0. The standard InChI is InChI=1S/C12H13ClO/c13-12-9-5-4-8-11(12)7-3-1-2-6-10-14/h1,4-5,7-9,14H,2,6,10H2. The van der Waals surface area contributed by atoms with Crippen molar-refractivity contribution in [2.45, 2.75) is 12.8 Å². The number of hydrogen-bond donors (Lipinski definition) is 1. The van der Waals surface area contributed by atoms with Crippen molar-refractivity contribution in [1.29, 1.82) is 0 Å². The Labute approximate surface area is 89.3 Å². The molecule has 0 aromatic heterocycles. The molecule has 0 saturated carbocycles. The summed E-state index contributed by atoms with van der Waals surface area (Å²) < 4.78 is 0. The highest BCUT2D eigenvalue weighted by Gasteiger charge is 1.91. The van der Waals surface area contributed by atoms with Gasteiger partial charge in [0.1, 0.15) is 0 Å². The van der Waals surface area contributed by atoms with Crippen molar-refractivity contribution in [3.8, 4) is 0 Å². The van der Waals surface area contributed by atoms with Crippen LogP contribution >= 0.6 is 11.6 Å². The molecule has 1 nitrogen and oxygen atoms in total. The molecule has 1 aromatic carbocycles. The monoisotopic (exact) mass is 208 g/mol. The third-order valence-corrected chi connectivity index (χ3v) is 2.11. The Bertz CT molecular complexity index is 338. The van der Waals surface area contributed by atoms with Crippen molar-refractivity contribution in [2.24, 2.45) is 0 Å². The van der Waals surface area contributed by atoms with E-state index in [2.05, 4.69) is 5.73 Å². The maximum absolute atomic E-state index is 8.55. The molecule has 0 unspecified atom stereocenters. The van der Waals surface area contributed by atoms with Crippen molar-refractivity contribution in [3.05, 3.63) is 46.7 Å². The molecule has 0 bridgehead atoms. The molecule has 14 heavy (non-hydrogen) atoms. The topological polar surface area (TPSA) is 20.2 Å². The van der Waals surface area contributed by atoms with Crippen LogP contribution in [0.3, 0.4) is 0 Å². The van der Waals surface area contributed by atoms with Crippen molar-refractivity contribution in [2.75, 3.05) is 6.61 Å². The summed E-state index contributed by atoms with van der Waals surface area (Å²) in [6, 6.07) is 7.63. The summed E-state index contributed by atoms with van der Waals surface area (Å²) in [5, 5.41) is 9.28. The molecule has 1 aromatic rings. The second-order valence-electron chi connectivity index (χ2n) is 2.90. The van der Waals surface area contributed by atoms with Crippen molar-refractivity contribution >= 4 is 17.7 Å². The Kier molecular flexibility index (Phi) is 5.09. The van der Waals surface area contributed by atoms with Crippen LogP contribution in [-0.2, 0) is 0 Å². The first kappa shape index (κ1) is 11.1. The van der Waals surface area contributed by atoms with E-state index in [-0.39, 0.29) is 6.61 Å². The third kappa shape index (κ3) is 3.80. The minimum absolute atomic E-state index is 0.226. The first-order valence-corrected chi connectivity index (χ1v) is 4.98. The summed E-state index contributed by atoms with van der Waals surface area (Å²) in [7, 11) is 0. The van der Waals surface area contributed by atoms with E-state index in [0.717, 1.165) is 23.4 Å². The summed E-state index contributed by atoms with van der Waals surface area (Å²) >= 11 is 5.94. The molecule has 1 N–H and O–H groups in total. The van der Waals surface area contributed by atoms with Crippen LogP contribution in [0, 0.1) is 0 Å². The lowest BCUT2D eigenvalue weighted by Crippen LogP contribution is -1.77. The molecule has 0 atom stereocenters. The predicted molar refractivity (Wildman–Crippen MR) is 60.3 cm³/mol. The van der Waals surface area contributed by atoms with Crippen LogP contribution in [-0.4, -0.2) is 11.7 Å². The summed E-state index contributed by atoms with van der Waals surface area (Å²) in [5.74, 6) is 0. The maximum Gasteiger partial charge on any atom is 0.0484 e. The molecule has 74 valence electrons. The molecule has 0 radical (unpaired) electrons. The fourth-order valence-corrected chi connectivity index (χ4v) is 1.21. The van der Waals surface area contributed by atoms with Crippen molar-refractivity contribution < 1.29 is 5.11 Å². The van der Waals surface area contributed by atoms with Crippen molar-refractivity contribution in [1.82, 2.24) is 0 Å². The minimum atomic E-state index is 0.226. The number of benzene rings is 1. The lowest BCUT2D eigenvalue weighted by molar-refractivity contribution is 0.289. The second kappa shape index (κ2) is 6.44. The largest absolute Gasteiger partial charge is 0.396 e. The normalized spacial score (nSPS) is 9.29. The van der Waals surface area contributed by atoms with Gasteiger partial charge in [-0.25, -0.2) is 0 Å². The van der Waals surface area contributed by atoms with Crippen LogP contribution in [0.4, 0.5) is 0 Å².